The van der Waals surface area contributed by atoms with Crippen molar-refractivity contribution >= 4 is 11.1 Å². The summed E-state index contributed by atoms with van der Waals surface area (Å²) in [5.74, 6) is 0. The Morgan fingerprint density at radius 3 is 2.93 bits per heavy atom. The second-order valence-corrected chi connectivity index (χ2v) is 4.45. The van der Waals surface area contributed by atoms with Crippen LogP contribution in [0.4, 0.5) is 0 Å². The number of benzene rings is 1. The molecule has 3 rings (SSSR count). The van der Waals surface area contributed by atoms with Gasteiger partial charge in [-0.3, -0.25) is 0 Å². The zero-order valence-corrected chi connectivity index (χ0v) is 8.73. The van der Waals surface area contributed by atoms with E-state index in [0.717, 1.165) is 23.9 Å². The molecule has 0 spiro atoms. The first-order valence-electron chi connectivity index (χ1n) is 5.32. The lowest BCUT2D eigenvalue weighted by atomic mass is 9.89. The van der Waals surface area contributed by atoms with E-state index >= 15 is 0 Å². The highest BCUT2D eigenvalue weighted by molar-refractivity contribution is 5.78. The van der Waals surface area contributed by atoms with Gasteiger partial charge in [-0.15, -0.1) is 0 Å². The van der Waals surface area contributed by atoms with E-state index in [-0.39, 0.29) is 11.5 Å². The Morgan fingerprint density at radius 2 is 2.27 bits per heavy atom. The number of hydrogen-bond donors (Lipinski definition) is 1. The van der Waals surface area contributed by atoms with E-state index in [1.807, 2.05) is 12.1 Å². The van der Waals surface area contributed by atoms with Gasteiger partial charge in [0, 0.05) is 11.5 Å². The quantitative estimate of drug-likeness (QED) is 0.812. The summed E-state index contributed by atoms with van der Waals surface area (Å²) < 4.78 is 5.31. The van der Waals surface area contributed by atoms with Crippen molar-refractivity contribution in [2.75, 3.05) is 0 Å². The van der Waals surface area contributed by atoms with Crippen LogP contribution in [0.1, 0.15) is 25.3 Å². The zero-order valence-electron chi connectivity index (χ0n) is 8.73. The van der Waals surface area contributed by atoms with Crippen molar-refractivity contribution in [1.29, 1.82) is 0 Å². The van der Waals surface area contributed by atoms with Crippen molar-refractivity contribution in [3.05, 3.63) is 30.2 Å². The maximum atomic E-state index is 6.07. The Labute approximate surface area is 88.3 Å². The summed E-state index contributed by atoms with van der Waals surface area (Å²) >= 11 is 0. The third-order valence-corrected chi connectivity index (χ3v) is 3.56. The summed E-state index contributed by atoms with van der Waals surface area (Å²) in [6, 6.07) is 6.27. The normalized spacial score (nSPS) is 20.4. The van der Waals surface area contributed by atoms with Crippen LogP contribution in [0.25, 0.3) is 11.1 Å². The van der Waals surface area contributed by atoms with Crippen molar-refractivity contribution in [3.63, 3.8) is 0 Å². The van der Waals surface area contributed by atoms with E-state index in [9.17, 15) is 0 Å². The van der Waals surface area contributed by atoms with E-state index in [0.29, 0.717) is 0 Å². The summed E-state index contributed by atoms with van der Waals surface area (Å²) in [7, 11) is 0. The minimum atomic E-state index is 0.149. The largest absolute Gasteiger partial charge is 0.443 e. The summed E-state index contributed by atoms with van der Waals surface area (Å²) in [4.78, 5) is 4.29. The van der Waals surface area contributed by atoms with Crippen molar-refractivity contribution in [2.24, 2.45) is 5.73 Å². The fourth-order valence-electron chi connectivity index (χ4n) is 2.39. The zero-order chi connectivity index (χ0) is 10.5. The number of fused-ring (bicyclic) bond motifs is 1. The summed E-state index contributed by atoms with van der Waals surface area (Å²) in [6.45, 7) is 2.08. The van der Waals surface area contributed by atoms with Crippen LogP contribution in [0, 0.1) is 0 Å². The number of hydrogen-bond acceptors (Lipinski definition) is 3. The molecule has 0 bridgehead atoms. The molecule has 1 fully saturated rings. The molecule has 1 aromatic carbocycles. The molecule has 1 aliphatic carbocycles. The summed E-state index contributed by atoms with van der Waals surface area (Å²) in [6.07, 6.45) is 3.83. The van der Waals surface area contributed by atoms with Gasteiger partial charge in [-0.05, 0) is 31.4 Å². The summed E-state index contributed by atoms with van der Waals surface area (Å²) in [5, 5.41) is 0. The van der Waals surface area contributed by atoms with Gasteiger partial charge in [0.05, 0.1) is 0 Å². The van der Waals surface area contributed by atoms with Crippen LogP contribution in [-0.2, 0) is 5.41 Å². The van der Waals surface area contributed by atoms with Crippen molar-refractivity contribution in [1.82, 2.24) is 4.98 Å². The molecule has 0 amide bonds. The van der Waals surface area contributed by atoms with Crippen LogP contribution in [0.15, 0.2) is 29.0 Å². The molecule has 1 aromatic heterocycles. The van der Waals surface area contributed by atoms with E-state index in [2.05, 4.69) is 18.0 Å². The highest BCUT2D eigenvalue weighted by Gasteiger charge is 2.48. The van der Waals surface area contributed by atoms with Crippen LogP contribution in [-0.4, -0.2) is 11.0 Å². The smallest absolute Gasteiger partial charge is 0.181 e. The van der Waals surface area contributed by atoms with Gasteiger partial charge in [-0.25, -0.2) is 4.98 Å². The predicted octanol–water partition coefficient (Wildman–Crippen LogP) is 2.21. The molecular formula is C12H14N2O. The monoisotopic (exact) mass is 202 g/mol. The van der Waals surface area contributed by atoms with Gasteiger partial charge in [-0.2, -0.15) is 0 Å². The van der Waals surface area contributed by atoms with Gasteiger partial charge in [0.15, 0.2) is 12.0 Å². The number of nitrogens with two attached hydrogens (primary N) is 1. The first kappa shape index (κ1) is 8.92. The number of para-hydroxylation sites is 1. The van der Waals surface area contributed by atoms with Crippen molar-refractivity contribution < 1.29 is 4.42 Å². The van der Waals surface area contributed by atoms with Crippen LogP contribution in [0.3, 0.4) is 0 Å². The first-order chi connectivity index (χ1) is 7.24. The highest BCUT2D eigenvalue weighted by atomic mass is 16.3. The Bertz CT molecular complexity index is 497. The molecular weight excluding hydrogens is 188 g/mol. The third-order valence-electron chi connectivity index (χ3n) is 3.56. The average molecular weight is 202 g/mol. The molecule has 0 saturated heterocycles. The minimum absolute atomic E-state index is 0.149. The summed E-state index contributed by atoms with van der Waals surface area (Å²) in [5.41, 5.74) is 9.31. The Hall–Kier alpha value is -1.35. The molecule has 3 nitrogen and oxygen atoms in total. The van der Waals surface area contributed by atoms with Crippen LogP contribution in [0.2, 0.25) is 0 Å². The third kappa shape index (κ3) is 1.13. The second kappa shape index (κ2) is 2.83. The van der Waals surface area contributed by atoms with Gasteiger partial charge in [-0.1, -0.05) is 12.1 Å². The van der Waals surface area contributed by atoms with E-state index in [1.165, 1.54) is 12.0 Å². The number of rotatable bonds is 2. The molecule has 0 aliphatic heterocycles. The van der Waals surface area contributed by atoms with E-state index < -0.39 is 0 Å². The highest BCUT2D eigenvalue weighted by Crippen LogP contribution is 2.51. The molecule has 2 N–H and O–H groups in total. The Balaban J connectivity index is 2.23. The van der Waals surface area contributed by atoms with Crippen molar-refractivity contribution in [2.45, 2.75) is 31.2 Å². The van der Waals surface area contributed by atoms with Gasteiger partial charge in [0.25, 0.3) is 0 Å². The molecule has 0 radical (unpaired) electrons. The van der Waals surface area contributed by atoms with Crippen LogP contribution < -0.4 is 5.73 Å². The molecule has 1 unspecified atom stereocenters. The SMILES string of the molecule is CC(N)C1(c2cccc3ocnc23)CC1. The number of aromatic nitrogens is 1. The maximum Gasteiger partial charge on any atom is 0.181 e. The predicted molar refractivity (Wildman–Crippen MR) is 58.6 cm³/mol. The molecule has 3 heteroatoms. The van der Waals surface area contributed by atoms with Crippen molar-refractivity contribution in [3.8, 4) is 0 Å². The lowest BCUT2D eigenvalue weighted by Crippen LogP contribution is -2.31. The Morgan fingerprint density at radius 1 is 1.47 bits per heavy atom. The second-order valence-electron chi connectivity index (χ2n) is 4.45. The fraction of sp³-hybridized carbons (Fsp3) is 0.417. The molecule has 15 heavy (non-hydrogen) atoms. The minimum Gasteiger partial charge on any atom is -0.443 e. The Kier molecular flexibility index (Phi) is 1.68. The standard InChI is InChI=1S/C12H14N2O/c1-8(13)12(5-6-12)9-3-2-4-10-11(9)14-7-15-10/h2-4,7-8H,5-6,13H2,1H3. The molecule has 1 atom stereocenters. The first-order valence-corrected chi connectivity index (χ1v) is 5.32. The molecule has 1 aliphatic rings. The topological polar surface area (TPSA) is 52.0 Å². The molecule has 1 heterocycles. The van der Waals surface area contributed by atoms with Gasteiger partial charge in [0.1, 0.15) is 5.52 Å². The number of oxazole rings is 1. The lowest BCUT2D eigenvalue weighted by Gasteiger charge is -2.19. The van der Waals surface area contributed by atoms with E-state index in [4.69, 9.17) is 10.2 Å². The van der Waals surface area contributed by atoms with Gasteiger partial charge in [0.2, 0.25) is 0 Å². The number of nitrogens with zero attached hydrogens (tertiary/aromatic N) is 1. The van der Waals surface area contributed by atoms with E-state index in [1.54, 1.807) is 0 Å². The molecule has 1 saturated carbocycles. The molecule has 78 valence electrons. The molecule has 2 aromatic rings. The van der Waals surface area contributed by atoms with Gasteiger partial charge >= 0.3 is 0 Å². The maximum absolute atomic E-state index is 6.07. The van der Waals surface area contributed by atoms with Crippen LogP contribution >= 0.6 is 0 Å². The van der Waals surface area contributed by atoms with Crippen LogP contribution in [0.5, 0.6) is 0 Å². The fourth-order valence-corrected chi connectivity index (χ4v) is 2.39. The van der Waals surface area contributed by atoms with Gasteiger partial charge < -0.3 is 10.2 Å². The average Bonchev–Trinajstić information content (AvgIpc) is 2.89. The lowest BCUT2D eigenvalue weighted by molar-refractivity contribution is 0.559.